The molecule has 0 aromatic heterocycles. The number of carbonyl (C=O) groups is 4. The molecule has 34 heavy (non-hydrogen) atoms. The summed E-state index contributed by atoms with van der Waals surface area (Å²) in [5, 5.41) is 0. The largest absolute Gasteiger partial charge is 0.493 e. The van der Waals surface area contributed by atoms with E-state index in [1.54, 1.807) is 0 Å². The third-order valence-corrected chi connectivity index (χ3v) is 6.03. The normalized spacial score (nSPS) is 24.0. The topological polar surface area (TPSA) is 124 Å². The minimum absolute atomic E-state index is 0.260. The molecule has 0 unspecified atom stereocenters. The fourth-order valence-corrected chi connectivity index (χ4v) is 4.48. The molecule has 10 nitrogen and oxygen atoms in total. The molecule has 0 radical (unpaired) electrons. The van der Waals surface area contributed by atoms with Gasteiger partial charge in [-0.1, -0.05) is 15.9 Å². The highest BCUT2D eigenvalue weighted by molar-refractivity contribution is 9.10. The predicted molar refractivity (Wildman–Crippen MR) is 124 cm³/mol. The molecule has 1 aromatic carbocycles. The zero-order chi connectivity index (χ0) is 25.3. The number of ether oxygens (including phenoxy) is 6. The summed E-state index contributed by atoms with van der Waals surface area (Å²) in [6, 6.07) is 7.32. The Morgan fingerprint density at radius 1 is 0.853 bits per heavy atom. The van der Waals surface area contributed by atoms with Crippen molar-refractivity contribution in [3.8, 4) is 5.75 Å². The van der Waals surface area contributed by atoms with E-state index in [1.165, 1.54) is 39.5 Å². The first kappa shape index (κ1) is 27.9. The number of benzene rings is 1. The number of thioether (sulfide) groups is 1. The molecule has 188 valence electrons. The van der Waals surface area contributed by atoms with Crippen molar-refractivity contribution in [2.45, 2.75) is 57.5 Å². The Bertz CT molecular complexity index is 862. The summed E-state index contributed by atoms with van der Waals surface area (Å²) < 4.78 is 33.9. The van der Waals surface area contributed by atoms with Gasteiger partial charge >= 0.3 is 23.9 Å². The third-order valence-electron chi connectivity index (χ3n) is 4.40. The maximum atomic E-state index is 11.8. The zero-order valence-corrected chi connectivity index (χ0v) is 21.6. The summed E-state index contributed by atoms with van der Waals surface area (Å²) in [5.74, 6) is -1.45. The van der Waals surface area contributed by atoms with Gasteiger partial charge in [-0.15, -0.1) is 11.8 Å². The van der Waals surface area contributed by atoms with E-state index in [0.717, 1.165) is 4.47 Å². The van der Waals surface area contributed by atoms with Crippen molar-refractivity contribution < 1.29 is 47.6 Å². The van der Waals surface area contributed by atoms with Gasteiger partial charge in [-0.3, -0.25) is 19.2 Å². The van der Waals surface area contributed by atoms with Crippen LogP contribution < -0.4 is 4.74 Å². The van der Waals surface area contributed by atoms with Crippen LogP contribution in [0.5, 0.6) is 5.75 Å². The molecule has 0 saturated carbocycles. The third kappa shape index (κ3) is 9.15. The van der Waals surface area contributed by atoms with Crippen LogP contribution in [-0.2, 0) is 42.9 Å². The Balaban J connectivity index is 2.20. The molecule has 12 heteroatoms. The van der Waals surface area contributed by atoms with Gasteiger partial charge in [-0.05, 0) is 24.3 Å². The van der Waals surface area contributed by atoms with Crippen molar-refractivity contribution >= 4 is 51.6 Å². The summed E-state index contributed by atoms with van der Waals surface area (Å²) in [4.78, 5) is 46.8. The molecular formula is C22H27BrO10S. The number of hydrogen-bond acceptors (Lipinski definition) is 11. The van der Waals surface area contributed by atoms with E-state index in [-0.39, 0.29) is 6.61 Å². The lowest BCUT2D eigenvalue weighted by Gasteiger charge is -2.44. The molecule has 0 amide bonds. The van der Waals surface area contributed by atoms with Crippen LogP contribution in [0.4, 0.5) is 0 Å². The molecule has 1 saturated heterocycles. The van der Waals surface area contributed by atoms with Crippen LogP contribution in [0.15, 0.2) is 28.7 Å². The Morgan fingerprint density at radius 3 is 1.97 bits per heavy atom. The van der Waals surface area contributed by atoms with Gasteiger partial charge < -0.3 is 28.4 Å². The minimum atomic E-state index is -1.18. The summed E-state index contributed by atoms with van der Waals surface area (Å²) in [5.41, 5.74) is -0.825. The zero-order valence-electron chi connectivity index (χ0n) is 19.2. The Morgan fingerprint density at radius 2 is 1.41 bits per heavy atom. The van der Waals surface area contributed by atoms with Gasteiger partial charge in [0.15, 0.2) is 18.3 Å². The van der Waals surface area contributed by atoms with Crippen molar-refractivity contribution in [1.82, 2.24) is 0 Å². The first-order valence-electron chi connectivity index (χ1n) is 10.4. The minimum Gasteiger partial charge on any atom is -0.493 e. The molecule has 1 aliphatic heterocycles. The van der Waals surface area contributed by atoms with Crippen LogP contribution >= 0.6 is 27.7 Å². The number of carbonyl (C=O) groups excluding carboxylic acids is 4. The van der Waals surface area contributed by atoms with Crippen LogP contribution in [0.2, 0.25) is 0 Å². The fourth-order valence-electron chi connectivity index (χ4n) is 3.18. The quantitative estimate of drug-likeness (QED) is 0.237. The Hall–Kier alpha value is -2.31. The van der Waals surface area contributed by atoms with Gasteiger partial charge in [0.05, 0.1) is 6.61 Å². The molecular weight excluding hydrogens is 536 g/mol. The number of hydrogen-bond donors (Lipinski definition) is 0. The maximum Gasteiger partial charge on any atom is 0.303 e. The maximum absolute atomic E-state index is 11.8. The second-order valence-corrected chi connectivity index (χ2v) is 9.36. The Labute approximate surface area is 210 Å². The van der Waals surface area contributed by atoms with E-state index in [0.29, 0.717) is 18.1 Å². The van der Waals surface area contributed by atoms with E-state index in [4.69, 9.17) is 28.4 Å². The first-order valence-corrected chi connectivity index (χ1v) is 12.2. The van der Waals surface area contributed by atoms with Gasteiger partial charge in [0.1, 0.15) is 23.9 Å². The van der Waals surface area contributed by atoms with Gasteiger partial charge in [-0.2, -0.15) is 0 Å². The average molecular weight is 563 g/mol. The van der Waals surface area contributed by atoms with Crippen molar-refractivity contribution in [3.05, 3.63) is 28.7 Å². The predicted octanol–water partition coefficient (Wildman–Crippen LogP) is 2.64. The van der Waals surface area contributed by atoms with Crippen LogP contribution in [0.1, 0.15) is 27.7 Å². The van der Waals surface area contributed by atoms with E-state index in [2.05, 4.69) is 15.9 Å². The number of rotatable bonds is 10. The summed E-state index contributed by atoms with van der Waals surface area (Å²) in [6.45, 7) is 4.83. The lowest BCUT2D eigenvalue weighted by molar-refractivity contribution is -0.237. The highest BCUT2D eigenvalue weighted by Crippen LogP contribution is 2.34. The molecule has 0 N–H and O–H groups in total. The van der Waals surface area contributed by atoms with Crippen molar-refractivity contribution in [2.24, 2.45) is 0 Å². The fraction of sp³-hybridized carbons (Fsp3) is 0.545. The molecule has 2 rings (SSSR count). The Kier molecular flexibility index (Phi) is 11.1. The number of halogens is 1. The first-order chi connectivity index (χ1) is 16.1. The van der Waals surface area contributed by atoms with Crippen LogP contribution in [0, 0.1) is 0 Å². The van der Waals surface area contributed by atoms with Crippen LogP contribution in [0.3, 0.4) is 0 Å². The lowest BCUT2D eigenvalue weighted by Crippen LogP contribution is -2.61. The van der Waals surface area contributed by atoms with Crippen molar-refractivity contribution in [1.29, 1.82) is 0 Å². The molecule has 1 heterocycles. The summed E-state index contributed by atoms with van der Waals surface area (Å²) in [6.07, 6.45) is -4.39. The SMILES string of the molecule is CC(=O)OC[C@H]1O[C@H](SCCOc2ccc(Br)cc2)[C@H](OC(C)=O)[C@H](OC(C)=O)[C@@H]1OC(C)=O. The van der Waals surface area contributed by atoms with Gasteiger partial charge in [0.25, 0.3) is 0 Å². The van der Waals surface area contributed by atoms with Gasteiger partial charge in [0.2, 0.25) is 0 Å². The molecule has 1 aromatic rings. The molecule has 0 aliphatic carbocycles. The molecule has 1 fully saturated rings. The van der Waals surface area contributed by atoms with Crippen LogP contribution in [0.25, 0.3) is 0 Å². The molecule has 1 aliphatic rings. The van der Waals surface area contributed by atoms with Crippen molar-refractivity contribution in [3.63, 3.8) is 0 Å². The lowest BCUT2D eigenvalue weighted by atomic mass is 9.99. The van der Waals surface area contributed by atoms with E-state index in [1.807, 2.05) is 24.3 Å². The van der Waals surface area contributed by atoms with Crippen LogP contribution in [-0.4, -0.2) is 72.7 Å². The molecule has 0 spiro atoms. The van der Waals surface area contributed by atoms with Gasteiger partial charge in [-0.25, -0.2) is 0 Å². The molecule has 0 bridgehead atoms. The monoisotopic (exact) mass is 562 g/mol. The van der Waals surface area contributed by atoms with E-state index < -0.39 is 53.7 Å². The smallest absolute Gasteiger partial charge is 0.303 e. The number of esters is 4. The second-order valence-electron chi connectivity index (χ2n) is 7.24. The highest BCUT2D eigenvalue weighted by atomic mass is 79.9. The highest BCUT2D eigenvalue weighted by Gasteiger charge is 2.52. The molecule has 5 atom stereocenters. The van der Waals surface area contributed by atoms with Crippen molar-refractivity contribution in [2.75, 3.05) is 19.0 Å². The van der Waals surface area contributed by atoms with E-state index in [9.17, 15) is 19.2 Å². The van der Waals surface area contributed by atoms with Gasteiger partial charge in [0, 0.05) is 37.9 Å². The van der Waals surface area contributed by atoms with E-state index >= 15 is 0 Å². The average Bonchev–Trinajstić information content (AvgIpc) is 2.74. The second kappa shape index (κ2) is 13.5. The summed E-state index contributed by atoms with van der Waals surface area (Å²) in [7, 11) is 0. The standard InChI is InChI=1S/C22H27BrO10S/c1-12(24)29-11-18-19(30-13(2)25)20(31-14(3)26)21(32-15(4)27)22(33-18)34-10-9-28-17-7-5-16(23)6-8-17/h5-8,18-22H,9-11H2,1-4H3/t18-,19-,20-,21-,22-/m1/s1. The summed E-state index contributed by atoms with van der Waals surface area (Å²) >= 11 is 4.61.